The van der Waals surface area contributed by atoms with E-state index in [2.05, 4.69) is 20.4 Å². The molecule has 0 saturated carbocycles. The second-order valence-electron chi connectivity index (χ2n) is 4.94. The van der Waals surface area contributed by atoms with Crippen LogP contribution in [0.1, 0.15) is 24.3 Å². The fourth-order valence-corrected chi connectivity index (χ4v) is 1.55. The van der Waals surface area contributed by atoms with Crippen LogP contribution in [0.3, 0.4) is 0 Å². The average molecular weight is 280 g/mol. The minimum absolute atomic E-state index is 0.104. The summed E-state index contributed by atoms with van der Waals surface area (Å²) in [6, 6.07) is 3.05. The molecule has 0 spiro atoms. The van der Waals surface area contributed by atoms with Crippen molar-refractivity contribution in [1.82, 2.24) is 10.3 Å². The van der Waals surface area contributed by atoms with Gasteiger partial charge < -0.3 is 21.1 Å². The van der Waals surface area contributed by atoms with E-state index in [0.717, 1.165) is 0 Å². The number of nitrogens with two attached hydrogens (primary N) is 1. The molecule has 20 heavy (non-hydrogen) atoms. The standard InChI is InChI=1S/C13H20N4O3/c1-13(2,12(19)15-3)7-16-10-8(14)5-6-9(17-10)11(18)20-4/h5-6H,7,14H2,1-4H3,(H,15,19)(H,16,17). The minimum Gasteiger partial charge on any atom is -0.464 e. The number of amides is 1. The number of pyridine rings is 1. The molecule has 7 heteroatoms. The zero-order valence-corrected chi connectivity index (χ0v) is 12.1. The molecule has 0 aromatic carbocycles. The van der Waals surface area contributed by atoms with Crippen molar-refractivity contribution in [2.75, 3.05) is 31.8 Å². The molecule has 0 saturated heterocycles. The number of carbonyl (C=O) groups is 2. The number of hydrogen-bond donors (Lipinski definition) is 3. The van der Waals surface area contributed by atoms with E-state index in [-0.39, 0.29) is 11.6 Å². The number of ether oxygens (including phenoxy) is 1. The van der Waals surface area contributed by atoms with Gasteiger partial charge in [0.05, 0.1) is 18.2 Å². The van der Waals surface area contributed by atoms with Gasteiger partial charge >= 0.3 is 5.97 Å². The maximum Gasteiger partial charge on any atom is 0.356 e. The van der Waals surface area contributed by atoms with Crippen LogP contribution in [-0.2, 0) is 9.53 Å². The van der Waals surface area contributed by atoms with Crippen molar-refractivity contribution in [3.63, 3.8) is 0 Å². The fourth-order valence-electron chi connectivity index (χ4n) is 1.55. The topological polar surface area (TPSA) is 106 Å². The minimum atomic E-state index is -0.635. The van der Waals surface area contributed by atoms with Crippen molar-refractivity contribution in [3.8, 4) is 0 Å². The maximum absolute atomic E-state index is 11.7. The lowest BCUT2D eigenvalue weighted by atomic mass is 9.92. The zero-order chi connectivity index (χ0) is 15.3. The summed E-state index contributed by atoms with van der Waals surface area (Å²) >= 11 is 0. The number of rotatable bonds is 5. The van der Waals surface area contributed by atoms with Gasteiger partial charge in [0, 0.05) is 13.6 Å². The highest BCUT2D eigenvalue weighted by Crippen LogP contribution is 2.20. The Kier molecular flexibility index (Phi) is 4.90. The first-order valence-corrected chi connectivity index (χ1v) is 6.12. The Labute approximate surface area is 117 Å². The van der Waals surface area contributed by atoms with Gasteiger partial charge in [-0.25, -0.2) is 9.78 Å². The van der Waals surface area contributed by atoms with E-state index in [9.17, 15) is 9.59 Å². The average Bonchev–Trinajstić information content (AvgIpc) is 2.44. The Hall–Kier alpha value is -2.31. The molecule has 1 amide bonds. The van der Waals surface area contributed by atoms with Gasteiger partial charge in [0.15, 0.2) is 5.69 Å². The van der Waals surface area contributed by atoms with E-state index >= 15 is 0 Å². The lowest BCUT2D eigenvalue weighted by Crippen LogP contribution is -2.39. The second kappa shape index (κ2) is 6.23. The molecule has 0 aliphatic rings. The van der Waals surface area contributed by atoms with E-state index in [1.807, 2.05) is 0 Å². The Morgan fingerprint density at radius 2 is 2.05 bits per heavy atom. The summed E-state index contributed by atoms with van der Waals surface area (Å²) in [6.07, 6.45) is 0. The molecule has 1 heterocycles. The summed E-state index contributed by atoms with van der Waals surface area (Å²) in [7, 11) is 2.86. The fraction of sp³-hybridized carbons (Fsp3) is 0.462. The van der Waals surface area contributed by atoms with E-state index < -0.39 is 11.4 Å². The molecule has 7 nitrogen and oxygen atoms in total. The van der Waals surface area contributed by atoms with Crippen LogP contribution in [0.15, 0.2) is 12.1 Å². The Morgan fingerprint density at radius 1 is 1.40 bits per heavy atom. The van der Waals surface area contributed by atoms with Gasteiger partial charge in [-0.15, -0.1) is 0 Å². The summed E-state index contributed by atoms with van der Waals surface area (Å²) in [5.41, 5.74) is 5.70. The molecule has 0 aliphatic heterocycles. The van der Waals surface area contributed by atoms with Gasteiger partial charge in [-0.1, -0.05) is 0 Å². The SMILES string of the molecule is CNC(=O)C(C)(C)CNc1nc(C(=O)OC)ccc1N. The Bertz CT molecular complexity index is 514. The quantitative estimate of drug-likeness (QED) is 0.683. The molecule has 1 rings (SSSR count). The number of aromatic nitrogens is 1. The number of anilines is 2. The zero-order valence-electron chi connectivity index (χ0n) is 12.1. The summed E-state index contributed by atoms with van der Waals surface area (Å²) < 4.78 is 4.60. The number of esters is 1. The smallest absolute Gasteiger partial charge is 0.356 e. The van der Waals surface area contributed by atoms with E-state index in [4.69, 9.17) is 5.73 Å². The molecule has 0 atom stereocenters. The first-order chi connectivity index (χ1) is 9.31. The molecule has 4 N–H and O–H groups in total. The number of nitrogens with zero attached hydrogens (tertiary/aromatic N) is 1. The lowest BCUT2D eigenvalue weighted by Gasteiger charge is -2.23. The van der Waals surface area contributed by atoms with Gasteiger partial charge in [-0.2, -0.15) is 0 Å². The monoisotopic (exact) mass is 280 g/mol. The predicted molar refractivity (Wildman–Crippen MR) is 76.3 cm³/mol. The highest BCUT2D eigenvalue weighted by molar-refractivity contribution is 5.88. The van der Waals surface area contributed by atoms with Crippen molar-refractivity contribution in [1.29, 1.82) is 0 Å². The molecule has 110 valence electrons. The van der Waals surface area contributed by atoms with E-state index in [1.165, 1.54) is 13.2 Å². The molecule has 0 bridgehead atoms. The molecule has 0 aliphatic carbocycles. The van der Waals surface area contributed by atoms with Gasteiger partial charge in [0.1, 0.15) is 5.82 Å². The van der Waals surface area contributed by atoms with Crippen LogP contribution in [0.5, 0.6) is 0 Å². The first-order valence-electron chi connectivity index (χ1n) is 6.12. The van der Waals surface area contributed by atoms with Crippen molar-refractivity contribution in [3.05, 3.63) is 17.8 Å². The number of hydrogen-bond acceptors (Lipinski definition) is 6. The Morgan fingerprint density at radius 3 is 2.60 bits per heavy atom. The van der Waals surface area contributed by atoms with Crippen molar-refractivity contribution in [2.24, 2.45) is 5.41 Å². The second-order valence-corrected chi connectivity index (χ2v) is 4.94. The number of nitrogen functional groups attached to an aromatic ring is 1. The van der Waals surface area contributed by atoms with Gasteiger partial charge in [0.25, 0.3) is 0 Å². The van der Waals surface area contributed by atoms with Crippen molar-refractivity contribution >= 4 is 23.4 Å². The molecule has 1 aromatic heterocycles. The molecular weight excluding hydrogens is 260 g/mol. The van der Waals surface area contributed by atoms with Crippen molar-refractivity contribution < 1.29 is 14.3 Å². The van der Waals surface area contributed by atoms with Crippen molar-refractivity contribution in [2.45, 2.75) is 13.8 Å². The van der Waals surface area contributed by atoms with Gasteiger partial charge in [-0.05, 0) is 26.0 Å². The summed E-state index contributed by atoms with van der Waals surface area (Å²) in [5, 5.41) is 5.57. The van der Waals surface area contributed by atoms with Crippen LogP contribution in [0.25, 0.3) is 0 Å². The third-order valence-corrected chi connectivity index (χ3v) is 2.86. The van der Waals surface area contributed by atoms with Crippen LogP contribution in [0.4, 0.5) is 11.5 Å². The number of carbonyl (C=O) groups excluding carboxylic acids is 2. The number of methoxy groups -OCH3 is 1. The molecule has 0 fully saturated rings. The third-order valence-electron chi connectivity index (χ3n) is 2.86. The largest absolute Gasteiger partial charge is 0.464 e. The summed E-state index contributed by atoms with van der Waals surface area (Å²) in [6.45, 7) is 3.91. The number of nitrogens with one attached hydrogen (secondary N) is 2. The first kappa shape index (κ1) is 15.7. The predicted octanol–water partition coefficient (Wildman–Crippen LogP) is 0.634. The van der Waals surface area contributed by atoms with Gasteiger partial charge in [0.2, 0.25) is 5.91 Å². The van der Waals surface area contributed by atoms with Crippen LogP contribution >= 0.6 is 0 Å². The highest BCUT2D eigenvalue weighted by Gasteiger charge is 2.26. The maximum atomic E-state index is 11.7. The Balaban J connectivity index is 2.87. The summed E-state index contributed by atoms with van der Waals surface area (Å²) in [5.74, 6) is -0.295. The van der Waals surface area contributed by atoms with Crippen LogP contribution in [0, 0.1) is 5.41 Å². The van der Waals surface area contributed by atoms with Gasteiger partial charge in [-0.3, -0.25) is 4.79 Å². The van der Waals surface area contributed by atoms with E-state index in [0.29, 0.717) is 18.1 Å². The van der Waals surface area contributed by atoms with E-state index in [1.54, 1.807) is 27.0 Å². The molecule has 1 aromatic rings. The highest BCUT2D eigenvalue weighted by atomic mass is 16.5. The van der Waals surface area contributed by atoms with Crippen LogP contribution in [-0.4, -0.2) is 37.6 Å². The normalized spacial score (nSPS) is 10.8. The third kappa shape index (κ3) is 3.59. The summed E-state index contributed by atoms with van der Waals surface area (Å²) in [4.78, 5) is 27.2. The van der Waals surface area contributed by atoms with Crippen LogP contribution < -0.4 is 16.4 Å². The lowest BCUT2D eigenvalue weighted by molar-refractivity contribution is -0.128. The molecule has 0 unspecified atom stereocenters. The molecular formula is C13H20N4O3. The molecule has 0 radical (unpaired) electrons. The van der Waals surface area contributed by atoms with Crippen LogP contribution in [0.2, 0.25) is 0 Å².